The van der Waals surface area contributed by atoms with Crippen molar-refractivity contribution in [3.63, 3.8) is 0 Å². The first kappa shape index (κ1) is 10.0. The van der Waals surface area contributed by atoms with Gasteiger partial charge in [-0.3, -0.25) is 4.90 Å². The fourth-order valence-corrected chi connectivity index (χ4v) is 1.83. The van der Waals surface area contributed by atoms with E-state index in [0.29, 0.717) is 12.6 Å². The van der Waals surface area contributed by atoms with E-state index in [1.807, 2.05) is 0 Å². The lowest BCUT2D eigenvalue weighted by molar-refractivity contribution is 0.0863. The van der Waals surface area contributed by atoms with Gasteiger partial charge in [0.15, 0.2) is 0 Å². The van der Waals surface area contributed by atoms with Crippen molar-refractivity contribution in [3.05, 3.63) is 0 Å². The Labute approximate surface area is 75.6 Å². The van der Waals surface area contributed by atoms with Gasteiger partial charge in [-0.25, -0.2) is 0 Å². The van der Waals surface area contributed by atoms with Crippen LogP contribution in [-0.4, -0.2) is 35.2 Å². The largest absolute Gasteiger partial charge is 0.396 e. The lowest BCUT2D eigenvalue weighted by Crippen LogP contribution is -2.45. The van der Waals surface area contributed by atoms with Crippen molar-refractivity contribution in [2.45, 2.75) is 51.6 Å². The molecular weight excluding hydrogens is 150 g/mol. The van der Waals surface area contributed by atoms with Crippen molar-refractivity contribution in [2.75, 3.05) is 13.2 Å². The van der Waals surface area contributed by atoms with E-state index in [0.717, 1.165) is 19.0 Å². The minimum absolute atomic E-state index is 0.329. The normalized spacial score (nSPS) is 18.8. The maximum absolute atomic E-state index is 8.74. The summed E-state index contributed by atoms with van der Waals surface area (Å²) in [6, 6.07) is 1.46. The van der Waals surface area contributed by atoms with Gasteiger partial charge in [-0.1, -0.05) is 6.42 Å². The van der Waals surface area contributed by atoms with Gasteiger partial charge in [-0.05, 0) is 33.1 Å². The Bertz CT molecular complexity index is 121. The quantitative estimate of drug-likeness (QED) is 0.679. The van der Waals surface area contributed by atoms with Crippen LogP contribution in [0.1, 0.15) is 39.5 Å². The second kappa shape index (κ2) is 4.83. The number of rotatable bonds is 5. The molecule has 1 fully saturated rings. The van der Waals surface area contributed by atoms with Crippen LogP contribution in [0.5, 0.6) is 0 Å². The summed E-state index contributed by atoms with van der Waals surface area (Å²) < 4.78 is 0. The molecule has 72 valence electrons. The standard InChI is InChI=1S/C10H21NO/c1-9(2)11(7-4-8-12)10-5-3-6-10/h9-10,12H,3-8H2,1-2H3. The van der Waals surface area contributed by atoms with Crippen LogP contribution in [0.4, 0.5) is 0 Å². The summed E-state index contributed by atoms with van der Waals surface area (Å²) in [5, 5.41) is 8.74. The molecule has 1 N–H and O–H groups in total. The number of hydrogen-bond donors (Lipinski definition) is 1. The molecule has 0 unspecified atom stereocenters. The Morgan fingerprint density at radius 2 is 2.08 bits per heavy atom. The van der Waals surface area contributed by atoms with Gasteiger partial charge in [0.25, 0.3) is 0 Å². The predicted molar refractivity (Wildman–Crippen MR) is 51.2 cm³/mol. The van der Waals surface area contributed by atoms with Gasteiger partial charge < -0.3 is 5.11 Å². The molecular formula is C10H21NO. The second-order valence-electron chi connectivity index (χ2n) is 3.99. The topological polar surface area (TPSA) is 23.5 Å². The molecule has 0 atom stereocenters. The van der Waals surface area contributed by atoms with Crippen LogP contribution >= 0.6 is 0 Å². The smallest absolute Gasteiger partial charge is 0.0443 e. The summed E-state index contributed by atoms with van der Waals surface area (Å²) in [6.07, 6.45) is 5.05. The highest BCUT2D eigenvalue weighted by Crippen LogP contribution is 2.26. The summed E-state index contributed by atoms with van der Waals surface area (Å²) in [5.41, 5.74) is 0. The number of hydrogen-bond acceptors (Lipinski definition) is 2. The molecule has 0 aromatic heterocycles. The molecule has 0 amide bonds. The van der Waals surface area contributed by atoms with Crippen molar-refractivity contribution in [2.24, 2.45) is 0 Å². The molecule has 2 heteroatoms. The Kier molecular flexibility index (Phi) is 4.02. The summed E-state index contributed by atoms with van der Waals surface area (Å²) in [6.45, 7) is 5.89. The van der Waals surface area contributed by atoms with Gasteiger partial charge in [-0.2, -0.15) is 0 Å². The van der Waals surface area contributed by atoms with Gasteiger partial charge >= 0.3 is 0 Å². The van der Waals surface area contributed by atoms with Crippen LogP contribution in [0.3, 0.4) is 0 Å². The molecule has 1 saturated carbocycles. The molecule has 2 nitrogen and oxygen atoms in total. The van der Waals surface area contributed by atoms with E-state index < -0.39 is 0 Å². The van der Waals surface area contributed by atoms with E-state index in [1.165, 1.54) is 19.3 Å². The van der Waals surface area contributed by atoms with Gasteiger partial charge in [0.1, 0.15) is 0 Å². The third kappa shape index (κ3) is 2.46. The van der Waals surface area contributed by atoms with Gasteiger partial charge in [0.05, 0.1) is 0 Å². The van der Waals surface area contributed by atoms with Crippen LogP contribution in [0.15, 0.2) is 0 Å². The summed E-state index contributed by atoms with van der Waals surface area (Å²) in [4.78, 5) is 2.53. The van der Waals surface area contributed by atoms with Gasteiger partial charge in [0, 0.05) is 25.2 Å². The van der Waals surface area contributed by atoms with E-state index in [4.69, 9.17) is 5.11 Å². The van der Waals surface area contributed by atoms with Gasteiger partial charge in [0.2, 0.25) is 0 Å². The van der Waals surface area contributed by atoms with Gasteiger partial charge in [-0.15, -0.1) is 0 Å². The van der Waals surface area contributed by atoms with Crippen LogP contribution in [0, 0.1) is 0 Å². The van der Waals surface area contributed by atoms with E-state index in [-0.39, 0.29) is 0 Å². The summed E-state index contributed by atoms with van der Waals surface area (Å²) >= 11 is 0. The molecule has 1 aliphatic carbocycles. The fraction of sp³-hybridized carbons (Fsp3) is 1.00. The zero-order valence-electron chi connectivity index (χ0n) is 8.29. The third-order valence-corrected chi connectivity index (χ3v) is 2.78. The minimum Gasteiger partial charge on any atom is -0.396 e. The van der Waals surface area contributed by atoms with Crippen molar-refractivity contribution in [3.8, 4) is 0 Å². The highest BCUT2D eigenvalue weighted by atomic mass is 16.3. The van der Waals surface area contributed by atoms with Crippen LogP contribution in [0.2, 0.25) is 0 Å². The molecule has 0 spiro atoms. The maximum atomic E-state index is 8.74. The van der Waals surface area contributed by atoms with Crippen LogP contribution in [-0.2, 0) is 0 Å². The van der Waals surface area contributed by atoms with Crippen LogP contribution in [0.25, 0.3) is 0 Å². The molecule has 1 aliphatic rings. The first-order valence-corrected chi connectivity index (χ1v) is 5.12. The second-order valence-corrected chi connectivity index (χ2v) is 3.99. The molecule has 0 aliphatic heterocycles. The number of nitrogens with zero attached hydrogens (tertiary/aromatic N) is 1. The summed E-state index contributed by atoms with van der Waals surface area (Å²) in [7, 11) is 0. The molecule has 0 bridgehead atoms. The molecule has 0 saturated heterocycles. The van der Waals surface area contributed by atoms with Crippen molar-refractivity contribution in [1.29, 1.82) is 0 Å². The average molecular weight is 171 g/mol. The molecule has 0 aromatic rings. The Morgan fingerprint density at radius 3 is 2.42 bits per heavy atom. The lowest BCUT2D eigenvalue weighted by atomic mass is 9.90. The van der Waals surface area contributed by atoms with Crippen LogP contribution < -0.4 is 0 Å². The molecule has 0 heterocycles. The zero-order chi connectivity index (χ0) is 8.97. The Hall–Kier alpha value is -0.0800. The molecule has 0 radical (unpaired) electrons. The minimum atomic E-state index is 0.329. The number of aliphatic hydroxyl groups excluding tert-OH is 1. The highest BCUT2D eigenvalue weighted by Gasteiger charge is 2.25. The highest BCUT2D eigenvalue weighted by molar-refractivity contribution is 4.81. The van der Waals surface area contributed by atoms with E-state index in [2.05, 4.69) is 18.7 Å². The zero-order valence-corrected chi connectivity index (χ0v) is 8.29. The number of aliphatic hydroxyl groups is 1. The molecule has 12 heavy (non-hydrogen) atoms. The first-order valence-electron chi connectivity index (χ1n) is 5.12. The molecule has 0 aromatic carbocycles. The van der Waals surface area contributed by atoms with E-state index in [9.17, 15) is 0 Å². The monoisotopic (exact) mass is 171 g/mol. The third-order valence-electron chi connectivity index (χ3n) is 2.78. The molecule has 1 rings (SSSR count). The Balaban J connectivity index is 2.27. The van der Waals surface area contributed by atoms with Crippen molar-refractivity contribution < 1.29 is 5.11 Å². The fourth-order valence-electron chi connectivity index (χ4n) is 1.83. The average Bonchev–Trinajstić information content (AvgIpc) is 1.93. The van der Waals surface area contributed by atoms with Crippen molar-refractivity contribution >= 4 is 0 Å². The first-order chi connectivity index (χ1) is 5.75. The van der Waals surface area contributed by atoms with E-state index in [1.54, 1.807) is 0 Å². The predicted octanol–water partition coefficient (Wildman–Crippen LogP) is 1.63. The lowest BCUT2D eigenvalue weighted by Gasteiger charge is -2.40. The van der Waals surface area contributed by atoms with Crippen molar-refractivity contribution in [1.82, 2.24) is 4.90 Å². The van der Waals surface area contributed by atoms with E-state index >= 15 is 0 Å². The SMILES string of the molecule is CC(C)N(CCCO)C1CCC1. The summed E-state index contributed by atoms with van der Waals surface area (Å²) in [5.74, 6) is 0. The maximum Gasteiger partial charge on any atom is 0.0443 e. The Morgan fingerprint density at radius 1 is 1.42 bits per heavy atom.